The third kappa shape index (κ3) is 4.82. The number of nitrogens with zero attached hydrogens (tertiary/aromatic N) is 3. The van der Waals surface area contributed by atoms with Gasteiger partial charge in [0, 0.05) is 45.7 Å². The second-order valence-corrected chi connectivity index (χ2v) is 12.2. The van der Waals surface area contributed by atoms with E-state index in [1.165, 1.54) is 38.4 Å². The van der Waals surface area contributed by atoms with E-state index in [4.69, 9.17) is 0 Å². The first-order chi connectivity index (χ1) is 18.5. The minimum Gasteiger partial charge on any atom is -0.345 e. The molecule has 5 rings (SSSR count). The quantitative estimate of drug-likeness (QED) is 0.561. The fourth-order valence-electron chi connectivity index (χ4n) is 5.67. The third-order valence-electron chi connectivity index (χ3n) is 7.69. The molecule has 0 aromatic heterocycles. The van der Waals surface area contributed by atoms with Gasteiger partial charge in [0.25, 0.3) is 11.8 Å². The summed E-state index contributed by atoms with van der Waals surface area (Å²) in [5, 5.41) is 2.26. The number of fused-ring (bicyclic) bond motifs is 1. The molecule has 1 unspecified atom stereocenters. The topological polar surface area (TPSA) is 124 Å². The van der Waals surface area contributed by atoms with Gasteiger partial charge >= 0.3 is 0 Å². The molecule has 12 heteroatoms. The maximum absolute atomic E-state index is 14.7. The van der Waals surface area contributed by atoms with Crippen LogP contribution in [0, 0.1) is 5.82 Å². The van der Waals surface area contributed by atoms with E-state index in [9.17, 15) is 32.0 Å². The first kappa shape index (κ1) is 26.9. The van der Waals surface area contributed by atoms with Gasteiger partial charge < -0.3 is 9.80 Å². The largest absolute Gasteiger partial charge is 0.345 e. The van der Waals surface area contributed by atoms with E-state index in [1.54, 1.807) is 26.2 Å². The minimum absolute atomic E-state index is 0.0562. The number of benzene rings is 2. The summed E-state index contributed by atoms with van der Waals surface area (Å²) in [7, 11) is -0.849. The van der Waals surface area contributed by atoms with E-state index >= 15 is 0 Å². The maximum Gasteiger partial charge on any atom is 0.255 e. The Morgan fingerprint density at radius 2 is 1.74 bits per heavy atom. The highest BCUT2D eigenvalue weighted by Crippen LogP contribution is 2.38. The van der Waals surface area contributed by atoms with Crippen LogP contribution in [0.25, 0.3) is 0 Å². The standard InChI is InChI=1S/C27H29FN4O6S/c1-30(2)26(35)18-5-3-4-6-23(18)39(37,38)31-11-9-16(10-12-31)19-13-17(28)14-20-21(19)15-32(27(20)36)22-7-8-24(33)29-25(22)34/h3-6,13-14,16,22H,7-12,15H2,1-2H3,(H,29,33,34). The van der Waals surface area contributed by atoms with Crippen LogP contribution in [0.4, 0.5) is 4.39 Å². The molecule has 1 atom stereocenters. The first-order valence-corrected chi connectivity index (χ1v) is 14.2. The first-order valence-electron chi connectivity index (χ1n) is 12.8. The number of sulfonamides is 1. The fraction of sp³-hybridized carbons (Fsp3) is 0.407. The van der Waals surface area contributed by atoms with Crippen LogP contribution < -0.4 is 5.32 Å². The van der Waals surface area contributed by atoms with Gasteiger partial charge in [0.1, 0.15) is 11.9 Å². The number of hydrogen-bond donors (Lipinski definition) is 1. The zero-order valence-electron chi connectivity index (χ0n) is 21.6. The molecule has 0 bridgehead atoms. The van der Waals surface area contributed by atoms with Crippen molar-refractivity contribution in [1.29, 1.82) is 0 Å². The molecular weight excluding hydrogens is 527 g/mol. The van der Waals surface area contributed by atoms with Crippen LogP contribution in [0.1, 0.15) is 63.4 Å². The Morgan fingerprint density at radius 1 is 1.05 bits per heavy atom. The van der Waals surface area contributed by atoms with E-state index in [-0.39, 0.29) is 60.3 Å². The average molecular weight is 557 g/mol. The molecule has 2 saturated heterocycles. The van der Waals surface area contributed by atoms with Crippen LogP contribution in [0.5, 0.6) is 0 Å². The summed E-state index contributed by atoms with van der Waals surface area (Å²) >= 11 is 0. The summed E-state index contributed by atoms with van der Waals surface area (Å²) < 4.78 is 43.1. The van der Waals surface area contributed by atoms with Gasteiger partial charge in [-0.2, -0.15) is 4.31 Å². The number of carbonyl (C=O) groups excluding carboxylic acids is 4. The summed E-state index contributed by atoms with van der Waals surface area (Å²) in [5.41, 5.74) is 1.56. The summed E-state index contributed by atoms with van der Waals surface area (Å²) in [6.07, 6.45) is 1.11. The Balaban J connectivity index is 1.36. The highest BCUT2D eigenvalue weighted by atomic mass is 32.2. The smallest absolute Gasteiger partial charge is 0.255 e. The van der Waals surface area contributed by atoms with Crippen molar-refractivity contribution < 1.29 is 32.0 Å². The number of rotatable bonds is 5. The lowest BCUT2D eigenvalue weighted by molar-refractivity contribution is -0.136. The molecule has 2 fully saturated rings. The molecule has 0 spiro atoms. The van der Waals surface area contributed by atoms with Crippen LogP contribution in [-0.4, -0.2) is 79.4 Å². The third-order valence-corrected chi connectivity index (χ3v) is 9.65. The molecule has 2 aromatic rings. The Labute approximate surface area is 225 Å². The molecule has 206 valence electrons. The SMILES string of the molecule is CN(C)C(=O)c1ccccc1S(=O)(=O)N1CCC(c2cc(F)cc3c2CN(C2CCC(=O)NC2=O)C3=O)CC1. The molecule has 10 nitrogen and oxygen atoms in total. The fourth-order valence-corrected chi connectivity index (χ4v) is 7.33. The molecule has 3 heterocycles. The highest BCUT2D eigenvalue weighted by Gasteiger charge is 2.41. The van der Waals surface area contributed by atoms with Crippen LogP contribution in [0.15, 0.2) is 41.3 Å². The number of imide groups is 1. The zero-order valence-corrected chi connectivity index (χ0v) is 22.5. The predicted octanol–water partition coefficient (Wildman–Crippen LogP) is 1.86. The minimum atomic E-state index is -3.96. The van der Waals surface area contributed by atoms with Crippen LogP contribution in [-0.2, 0) is 26.2 Å². The highest BCUT2D eigenvalue weighted by molar-refractivity contribution is 7.89. The molecule has 3 aliphatic rings. The lowest BCUT2D eigenvalue weighted by Gasteiger charge is -2.33. The molecule has 0 radical (unpaired) electrons. The number of halogens is 1. The van der Waals surface area contributed by atoms with E-state index in [2.05, 4.69) is 5.32 Å². The molecular formula is C27H29FN4O6S. The molecule has 0 aliphatic carbocycles. The molecule has 1 N–H and O–H groups in total. The van der Waals surface area contributed by atoms with Crippen molar-refractivity contribution >= 4 is 33.7 Å². The van der Waals surface area contributed by atoms with Crippen molar-refractivity contribution in [3.05, 3.63) is 64.5 Å². The van der Waals surface area contributed by atoms with Gasteiger partial charge in [0.15, 0.2) is 0 Å². The molecule has 2 aromatic carbocycles. The van der Waals surface area contributed by atoms with Gasteiger partial charge in [0.05, 0.1) is 10.5 Å². The lowest BCUT2D eigenvalue weighted by atomic mass is 9.86. The van der Waals surface area contributed by atoms with Crippen LogP contribution >= 0.6 is 0 Å². The van der Waals surface area contributed by atoms with Gasteiger partial charge in [-0.25, -0.2) is 12.8 Å². The van der Waals surface area contributed by atoms with Gasteiger partial charge in [-0.05, 0) is 60.6 Å². The Morgan fingerprint density at radius 3 is 2.41 bits per heavy atom. The van der Waals surface area contributed by atoms with Crippen molar-refractivity contribution in [3.8, 4) is 0 Å². The van der Waals surface area contributed by atoms with Gasteiger partial charge in [-0.1, -0.05) is 12.1 Å². The number of nitrogens with one attached hydrogen (secondary N) is 1. The molecule has 0 saturated carbocycles. The zero-order chi connectivity index (χ0) is 28.1. The second-order valence-electron chi connectivity index (χ2n) is 10.3. The summed E-state index contributed by atoms with van der Waals surface area (Å²) in [4.78, 5) is 52.4. The predicted molar refractivity (Wildman–Crippen MR) is 138 cm³/mol. The van der Waals surface area contributed by atoms with E-state index in [0.717, 1.165) is 0 Å². The van der Waals surface area contributed by atoms with Crippen LogP contribution in [0.2, 0.25) is 0 Å². The van der Waals surface area contributed by atoms with Crippen molar-refractivity contribution in [1.82, 2.24) is 19.4 Å². The number of carbonyl (C=O) groups is 4. The maximum atomic E-state index is 14.7. The van der Waals surface area contributed by atoms with Crippen molar-refractivity contribution in [2.24, 2.45) is 0 Å². The Kier molecular flexibility index (Phi) is 7.02. The van der Waals surface area contributed by atoms with Crippen molar-refractivity contribution in [3.63, 3.8) is 0 Å². The monoisotopic (exact) mass is 556 g/mol. The Hall–Kier alpha value is -3.64. The van der Waals surface area contributed by atoms with Gasteiger partial charge in [0.2, 0.25) is 21.8 Å². The lowest BCUT2D eigenvalue weighted by Crippen LogP contribution is -2.52. The summed E-state index contributed by atoms with van der Waals surface area (Å²) in [5.74, 6) is -2.57. The molecule has 3 aliphatic heterocycles. The van der Waals surface area contributed by atoms with Gasteiger partial charge in [-0.3, -0.25) is 24.5 Å². The van der Waals surface area contributed by atoms with E-state index < -0.39 is 39.6 Å². The van der Waals surface area contributed by atoms with E-state index in [1.807, 2.05) is 0 Å². The van der Waals surface area contributed by atoms with Crippen molar-refractivity contribution in [2.75, 3.05) is 27.2 Å². The van der Waals surface area contributed by atoms with E-state index in [0.29, 0.717) is 24.0 Å². The van der Waals surface area contributed by atoms with Crippen molar-refractivity contribution in [2.45, 2.75) is 49.1 Å². The number of piperidine rings is 2. The average Bonchev–Trinajstić information content (AvgIpc) is 3.23. The second kappa shape index (κ2) is 10.2. The molecule has 4 amide bonds. The summed E-state index contributed by atoms with van der Waals surface area (Å²) in [6.45, 7) is 0.440. The van der Waals surface area contributed by atoms with Crippen LogP contribution in [0.3, 0.4) is 0 Å². The number of hydrogen-bond acceptors (Lipinski definition) is 6. The molecule has 39 heavy (non-hydrogen) atoms. The number of amides is 4. The van der Waals surface area contributed by atoms with Gasteiger partial charge in [-0.15, -0.1) is 0 Å². The normalized spacial score (nSPS) is 20.6. The summed E-state index contributed by atoms with van der Waals surface area (Å²) in [6, 6.07) is 7.86. The Bertz CT molecular complexity index is 1480.